The largest absolute Gasteiger partial charge is 0.308 e. The van der Waals surface area contributed by atoms with E-state index >= 15 is 0 Å². The molecule has 19 heavy (non-hydrogen) atoms. The molecule has 0 bridgehead atoms. The number of fused-ring (bicyclic) bond motifs is 1. The maximum atomic E-state index is 5.57. The Balaban J connectivity index is 2.29. The summed E-state index contributed by atoms with van der Waals surface area (Å²) in [5.74, 6) is 6.74. The van der Waals surface area contributed by atoms with Gasteiger partial charge in [0.2, 0.25) is 0 Å². The number of nitrogen functional groups attached to an aromatic ring is 1. The van der Waals surface area contributed by atoms with Crippen LogP contribution in [0.25, 0.3) is 21.7 Å². The van der Waals surface area contributed by atoms with E-state index in [1.807, 2.05) is 6.92 Å². The Morgan fingerprint density at radius 3 is 2.79 bits per heavy atom. The zero-order valence-corrected chi connectivity index (χ0v) is 11.3. The molecule has 96 valence electrons. The summed E-state index contributed by atoms with van der Waals surface area (Å²) < 4.78 is 0. The zero-order valence-electron chi connectivity index (χ0n) is 10.5. The Bertz CT molecular complexity index is 737. The monoisotopic (exact) mass is 272 g/mol. The number of thiophene rings is 1. The van der Waals surface area contributed by atoms with Crippen LogP contribution in [0, 0.1) is 13.8 Å². The second kappa shape index (κ2) is 4.52. The van der Waals surface area contributed by atoms with Gasteiger partial charge in [0.05, 0.1) is 5.39 Å². The predicted octanol–water partition coefficient (Wildman–Crippen LogP) is 2.05. The number of hydrazine groups is 1. The summed E-state index contributed by atoms with van der Waals surface area (Å²) in [6.07, 6.45) is 3.14. The van der Waals surface area contributed by atoms with E-state index in [0.717, 1.165) is 15.8 Å². The minimum atomic E-state index is 0.545. The molecule has 0 saturated carbocycles. The predicted molar refractivity (Wildman–Crippen MR) is 75.7 cm³/mol. The van der Waals surface area contributed by atoms with Gasteiger partial charge in [0.15, 0.2) is 11.6 Å². The highest BCUT2D eigenvalue weighted by Crippen LogP contribution is 2.34. The summed E-state index contributed by atoms with van der Waals surface area (Å²) in [5, 5.41) is 0.975. The summed E-state index contributed by atoms with van der Waals surface area (Å²) >= 11 is 1.63. The Morgan fingerprint density at radius 2 is 2.11 bits per heavy atom. The first-order chi connectivity index (χ1) is 9.20. The minimum Gasteiger partial charge on any atom is -0.308 e. The van der Waals surface area contributed by atoms with Crippen LogP contribution < -0.4 is 11.3 Å². The number of rotatable bonds is 2. The molecule has 0 aromatic carbocycles. The zero-order chi connectivity index (χ0) is 13.4. The van der Waals surface area contributed by atoms with Crippen LogP contribution in [0.15, 0.2) is 18.6 Å². The molecule has 7 heteroatoms. The van der Waals surface area contributed by atoms with Crippen LogP contribution in [0.3, 0.4) is 0 Å². The maximum Gasteiger partial charge on any atom is 0.181 e. The fourth-order valence-corrected chi connectivity index (χ4v) is 2.92. The molecule has 3 heterocycles. The molecule has 0 amide bonds. The van der Waals surface area contributed by atoms with Crippen molar-refractivity contribution in [2.45, 2.75) is 13.8 Å². The van der Waals surface area contributed by atoms with Gasteiger partial charge in [-0.1, -0.05) is 0 Å². The van der Waals surface area contributed by atoms with E-state index in [4.69, 9.17) is 5.84 Å². The Hall–Kier alpha value is -2.12. The molecule has 6 nitrogen and oxygen atoms in total. The van der Waals surface area contributed by atoms with Crippen molar-refractivity contribution in [3.63, 3.8) is 0 Å². The number of aromatic nitrogens is 4. The van der Waals surface area contributed by atoms with E-state index in [9.17, 15) is 0 Å². The van der Waals surface area contributed by atoms with Crippen molar-refractivity contribution in [1.82, 2.24) is 19.9 Å². The van der Waals surface area contributed by atoms with Gasteiger partial charge in [-0.15, -0.1) is 11.3 Å². The van der Waals surface area contributed by atoms with Crippen LogP contribution >= 0.6 is 11.3 Å². The molecule has 0 radical (unpaired) electrons. The maximum absolute atomic E-state index is 5.57. The quantitative estimate of drug-likeness (QED) is 0.548. The molecule has 3 rings (SSSR count). The number of hydrogen-bond donors (Lipinski definition) is 2. The van der Waals surface area contributed by atoms with Gasteiger partial charge in [-0.25, -0.2) is 25.8 Å². The van der Waals surface area contributed by atoms with E-state index in [2.05, 4.69) is 32.3 Å². The van der Waals surface area contributed by atoms with Crippen LogP contribution in [0.2, 0.25) is 0 Å². The van der Waals surface area contributed by atoms with Gasteiger partial charge >= 0.3 is 0 Å². The SMILES string of the molecule is Cc1sc2nc(-c3ccncn3)nc(NN)c2c1C. The summed E-state index contributed by atoms with van der Waals surface area (Å²) in [5.41, 5.74) is 4.48. The number of hydrogen-bond acceptors (Lipinski definition) is 7. The first-order valence-electron chi connectivity index (χ1n) is 5.71. The van der Waals surface area contributed by atoms with E-state index in [1.165, 1.54) is 11.2 Å². The fraction of sp³-hybridized carbons (Fsp3) is 0.167. The Kier molecular flexibility index (Phi) is 2.84. The van der Waals surface area contributed by atoms with E-state index < -0.39 is 0 Å². The average molecular weight is 272 g/mol. The molecule has 3 aromatic rings. The molecule has 0 aliphatic rings. The number of anilines is 1. The van der Waals surface area contributed by atoms with Crippen molar-refractivity contribution in [2.24, 2.45) is 5.84 Å². The van der Waals surface area contributed by atoms with Crippen molar-refractivity contribution in [3.8, 4) is 11.5 Å². The molecule has 0 atom stereocenters. The van der Waals surface area contributed by atoms with Crippen molar-refractivity contribution >= 4 is 27.4 Å². The molecule has 0 unspecified atom stereocenters. The molecule has 0 aliphatic heterocycles. The molecular formula is C12H12N6S. The van der Waals surface area contributed by atoms with E-state index in [-0.39, 0.29) is 0 Å². The van der Waals surface area contributed by atoms with Gasteiger partial charge in [-0.05, 0) is 25.5 Å². The van der Waals surface area contributed by atoms with Crippen LogP contribution in [0.1, 0.15) is 10.4 Å². The van der Waals surface area contributed by atoms with Crippen molar-refractivity contribution < 1.29 is 0 Å². The topological polar surface area (TPSA) is 89.6 Å². The van der Waals surface area contributed by atoms with Crippen molar-refractivity contribution in [3.05, 3.63) is 29.0 Å². The van der Waals surface area contributed by atoms with Crippen LogP contribution in [-0.2, 0) is 0 Å². The summed E-state index contributed by atoms with van der Waals surface area (Å²) in [6.45, 7) is 4.11. The van der Waals surface area contributed by atoms with Gasteiger partial charge in [0.1, 0.15) is 16.9 Å². The van der Waals surface area contributed by atoms with E-state index in [0.29, 0.717) is 17.3 Å². The third-order valence-corrected chi connectivity index (χ3v) is 4.08. The van der Waals surface area contributed by atoms with Gasteiger partial charge in [-0.2, -0.15) is 0 Å². The highest BCUT2D eigenvalue weighted by molar-refractivity contribution is 7.18. The molecule has 0 aliphatic carbocycles. The summed E-state index contributed by atoms with van der Waals surface area (Å²) in [7, 11) is 0. The third kappa shape index (κ3) is 1.92. The third-order valence-electron chi connectivity index (χ3n) is 2.98. The summed E-state index contributed by atoms with van der Waals surface area (Å²) in [4.78, 5) is 19.2. The highest BCUT2D eigenvalue weighted by Gasteiger charge is 2.15. The van der Waals surface area contributed by atoms with Gasteiger partial charge in [0, 0.05) is 11.1 Å². The van der Waals surface area contributed by atoms with Gasteiger partial charge in [0.25, 0.3) is 0 Å². The average Bonchev–Trinajstić information content (AvgIpc) is 2.74. The standard InChI is InChI=1S/C12H12N6S/c1-6-7(2)19-12-9(6)11(18-13)16-10(17-12)8-3-4-14-5-15-8/h3-5H,13H2,1-2H3,(H,16,17,18). The second-order valence-electron chi connectivity index (χ2n) is 4.10. The minimum absolute atomic E-state index is 0.545. The van der Waals surface area contributed by atoms with Crippen LogP contribution in [0.4, 0.5) is 5.82 Å². The van der Waals surface area contributed by atoms with Gasteiger partial charge < -0.3 is 5.43 Å². The molecule has 0 saturated heterocycles. The molecule has 0 fully saturated rings. The molecule has 0 spiro atoms. The Morgan fingerprint density at radius 1 is 1.26 bits per heavy atom. The summed E-state index contributed by atoms with van der Waals surface area (Å²) in [6, 6.07) is 1.77. The lowest BCUT2D eigenvalue weighted by molar-refractivity contribution is 1.12. The van der Waals surface area contributed by atoms with Crippen molar-refractivity contribution in [2.75, 3.05) is 5.43 Å². The second-order valence-corrected chi connectivity index (χ2v) is 5.30. The van der Waals surface area contributed by atoms with Crippen LogP contribution in [-0.4, -0.2) is 19.9 Å². The van der Waals surface area contributed by atoms with Crippen LogP contribution in [0.5, 0.6) is 0 Å². The lowest BCUT2D eigenvalue weighted by Gasteiger charge is -2.05. The molecular weight excluding hydrogens is 260 g/mol. The lowest BCUT2D eigenvalue weighted by atomic mass is 10.2. The first kappa shape index (κ1) is 11.9. The normalized spacial score (nSPS) is 10.9. The number of nitrogens with zero attached hydrogens (tertiary/aromatic N) is 4. The number of nitrogens with one attached hydrogen (secondary N) is 1. The van der Waals surface area contributed by atoms with Crippen molar-refractivity contribution in [1.29, 1.82) is 0 Å². The van der Waals surface area contributed by atoms with Gasteiger partial charge in [-0.3, -0.25) is 0 Å². The molecule has 3 N–H and O–H groups in total. The lowest BCUT2D eigenvalue weighted by Crippen LogP contribution is -2.10. The molecule has 3 aromatic heterocycles. The first-order valence-corrected chi connectivity index (χ1v) is 6.53. The smallest absolute Gasteiger partial charge is 0.181 e. The Labute approximate surface area is 113 Å². The number of aryl methyl sites for hydroxylation is 2. The fourth-order valence-electron chi connectivity index (χ4n) is 1.89. The number of nitrogens with two attached hydrogens (primary N) is 1. The highest BCUT2D eigenvalue weighted by atomic mass is 32.1. The van der Waals surface area contributed by atoms with E-state index in [1.54, 1.807) is 23.6 Å².